The van der Waals surface area contributed by atoms with Crippen LogP contribution < -0.4 is 5.01 Å². The van der Waals surface area contributed by atoms with Crippen molar-refractivity contribution >= 4 is 29.2 Å². The molecule has 1 aromatic heterocycles. The number of hydrogen-bond acceptors (Lipinski definition) is 5. The van der Waals surface area contributed by atoms with Crippen molar-refractivity contribution in [3.63, 3.8) is 0 Å². The molecule has 3 rings (SSSR count). The molecule has 0 saturated carbocycles. The zero-order chi connectivity index (χ0) is 19.4. The van der Waals surface area contributed by atoms with Gasteiger partial charge in [-0.05, 0) is 50.2 Å². The van der Waals surface area contributed by atoms with E-state index in [1.54, 1.807) is 62.4 Å². The van der Waals surface area contributed by atoms with Gasteiger partial charge >= 0.3 is 5.97 Å². The van der Waals surface area contributed by atoms with E-state index in [2.05, 4.69) is 10.2 Å². The molecule has 0 bridgehead atoms. The first-order chi connectivity index (χ1) is 13.0. The Morgan fingerprint density at radius 1 is 1.04 bits per heavy atom. The molecule has 2 aromatic carbocycles. The van der Waals surface area contributed by atoms with Crippen molar-refractivity contribution in [1.29, 1.82) is 0 Å². The van der Waals surface area contributed by atoms with E-state index in [1.807, 2.05) is 0 Å². The minimum Gasteiger partial charge on any atom is -0.459 e. The molecule has 0 radical (unpaired) electrons. The lowest BCUT2D eigenvalue weighted by atomic mass is 10.1. The molecular weight excluding hydrogens is 368 g/mol. The van der Waals surface area contributed by atoms with Gasteiger partial charge in [0.1, 0.15) is 0 Å². The Morgan fingerprint density at radius 3 is 2.26 bits per heavy atom. The number of carbonyl (C=O) groups excluding carboxylic acids is 2. The van der Waals surface area contributed by atoms with E-state index in [0.717, 1.165) is 4.91 Å². The average molecular weight is 385 g/mol. The number of esters is 1. The standard InChI is InChI=1S/C19H17ClN4O3/c1-13(2)27-19(26)14-7-9-15(10-8-14)23(24-21-11-12-22-24)18(25)16-5-3-4-6-17(16)20/h3-13H,1-2H3. The number of carbonyl (C=O) groups is 2. The molecule has 1 heterocycles. The van der Waals surface area contributed by atoms with Gasteiger partial charge < -0.3 is 4.74 Å². The summed E-state index contributed by atoms with van der Waals surface area (Å²) in [6.07, 6.45) is 2.70. The molecule has 0 fully saturated rings. The first-order valence-corrected chi connectivity index (χ1v) is 8.62. The van der Waals surface area contributed by atoms with Gasteiger partial charge in [0.2, 0.25) is 0 Å². The summed E-state index contributed by atoms with van der Waals surface area (Å²) in [5, 5.41) is 9.66. The fourth-order valence-corrected chi connectivity index (χ4v) is 2.60. The monoisotopic (exact) mass is 384 g/mol. The Labute approximate surface area is 161 Å². The molecule has 1 amide bonds. The quantitative estimate of drug-likeness (QED) is 0.628. The molecule has 0 aliphatic rings. The Hall–Kier alpha value is -3.19. The maximum atomic E-state index is 13.1. The van der Waals surface area contributed by atoms with Crippen LogP contribution >= 0.6 is 11.6 Å². The van der Waals surface area contributed by atoms with E-state index in [-0.39, 0.29) is 6.10 Å². The second-order valence-corrected chi connectivity index (χ2v) is 6.30. The minimum absolute atomic E-state index is 0.219. The van der Waals surface area contributed by atoms with Gasteiger partial charge in [-0.1, -0.05) is 28.6 Å². The van der Waals surface area contributed by atoms with Crippen LogP contribution in [0, 0.1) is 0 Å². The van der Waals surface area contributed by atoms with E-state index >= 15 is 0 Å². The molecule has 0 spiro atoms. The summed E-state index contributed by atoms with van der Waals surface area (Å²) in [6.45, 7) is 3.55. The third kappa shape index (κ3) is 4.15. The van der Waals surface area contributed by atoms with Gasteiger partial charge in [0.15, 0.2) is 0 Å². The molecule has 27 heavy (non-hydrogen) atoms. The number of rotatable bonds is 5. The predicted molar refractivity (Wildman–Crippen MR) is 101 cm³/mol. The van der Waals surface area contributed by atoms with Crippen LogP contribution in [0.4, 0.5) is 5.69 Å². The Balaban J connectivity index is 1.96. The van der Waals surface area contributed by atoms with Gasteiger partial charge in [0.05, 0.1) is 40.3 Å². The Morgan fingerprint density at radius 2 is 1.67 bits per heavy atom. The zero-order valence-corrected chi connectivity index (χ0v) is 15.5. The maximum absolute atomic E-state index is 13.1. The van der Waals surface area contributed by atoms with Crippen LogP contribution in [0.15, 0.2) is 60.9 Å². The van der Waals surface area contributed by atoms with Crippen molar-refractivity contribution in [2.75, 3.05) is 5.01 Å². The van der Waals surface area contributed by atoms with Crippen LogP contribution in [0.1, 0.15) is 34.6 Å². The summed E-state index contributed by atoms with van der Waals surface area (Å²) in [6, 6.07) is 13.1. The highest BCUT2D eigenvalue weighted by atomic mass is 35.5. The fourth-order valence-electron chi connectivity index (χ4n) is 2.38. The lowest BCUT2D eigenvalue weighted by molar-refractivity contribution is 0.0378. The predicted octanol–water partition coefficient (Wildman–Crippen LogP) is 3.61. The number of halogens is 1. The van der Waals surface area contributed by atoms with Gasteiger partial charge in [-0.3, -0.25) is 4.79 Å². The summed E-state index contributed by atoms with van der Waals surface area (Å²) in [4.78, 5) is 26.3. The van der Waals surface area contributed by atoms with Gasteiger partial charge in [-0.25, -0.2) is 4.79 Å². The number of anilines is 1. The van der Waals surface area contributed by atoms with E-state index in [4.69, 9.17) is 16.3 Å². The summed E-state index contributed by atoms with van der Waals surface area (Å²) >= 11 is 6.17. The molecule has 0 N–H and O–H groups in total. The molecule has 0 unspecified atom stereocenters. The van der Waals surface area contributed by atoms with Crippen molar-refractivity contribution in [2.24, 2.45) is 0 Å². The van der Waals surface area contributed by atoms with Gasteiger partial charge in [-0.2, -0.15) is 5.01 Å². The second-order valence-electron chi connectivity index (χ2n) is 5.90. The third-order valence-electron chi connectivity index (χ3n) is 3.57. The SMILES string of the molecule is CC(C)OC(=O)c1ccc(N(C(=O)c2ccccc2Cl)n2nccn2)cc1. The Bertz CT molecular complexity index is 940. The maximum Gasteiger partial charge on any atom is 0.338 e. The highest BCUT2D eigenvalue weighted by Crippen LogP contribution is 2.22. The van der Waals surface area contributed by atoms with Crippen LogP contribution in [0.25, 0.3) is 0 Å². The molecular formula is C19H17ClN4O3. The van der Waals surface area contributed by atoms with Crippen LogP contribution in [0.3, 0.4) is 0 Å². The van der Waals surface area contributed by atoms with Gasteiger partial charge in [0, 0.05) is 0 Å². The van der Waals surface area contributed by atoms with Crippen LogP contribution in [0.2, 0.25) is 5.02 Å². The van der Waals surface area contributed by atoms with Crippen molar-refractivity contribution in [2.45, 2.75) is 20.0 Å². The molecule has 0 aliphatic carbocycles. The normalized spacial score (nSPS) is 10.7. The first-order valence-electron chi connectivity index (χ1n) is 8.24. The highest BCUT2D eigenvalue weighted by molar-refractivity contribution is 6.34. The number of nitrogens with zero attached hydrogens (tertiary/aromatic N) is 4. The van der Waals surface area contributed by atoms with E-state index in [0.29, 0.717) is 21.8 Å². The molecule has 0 aliphatic heterocycles. The number of hydrogen-bond donors (Lipinski definition) is 0. The van der Waals surface area contributed by atoms with E-state index < -0.39 is 11.9 Å². The number of aromatic nitrogens is 3. The van der Waals surface area contributed by atoms with Gasteiger partial charge in [-0.15, -0.1) is 10.2 Å². The largest absolute Gasteiger partial charge is 0.459 e. The van der Waals surface area contributed by atoms with Gasteiger partial charge in [0.25, 0.3) is 5.91 Å². The summed E-state index contributed by atoms with van der Waals surface area (Å²) in [5.41, 5.74) is 1.16. The molecule has 8 heteroatoms. The van der Waals surface area contributed by atoms with Crippen molar-refractivity contribution in [3.8, 4) is 0 Å². The Kier molecular flexibility index (Phi) is 5.52. The fraction of sp³-hybridized carbons (Fsp3) is 0.158. The second kappa shape index (κ2) is 8.01. The summed E-state index contributed by atoms with van der Waals surface area (Å²) in [5.74, 6) is -0.841. The van der Waals surface area contributed by atoms with E-state index in [1.165, 1.54) is 17.4 Å². The lowest BCUT2D eigenvalue weighted by Crippen LogP contribution is -2.38. The average Bonchev–Trinajstić information content (AvgIpc) is 3.16. The smallest absolute Gasteiger partial charge is 0.338 e. The highest BCUT2D eigenvalue weighted by Gasteiger charge is 2.23. The topological polar surface area (TPSA) is 77.3 Å². The molecule has 0 atom stereocenters. The summed E-state index contributed by atoms with van der Waals surface area (Å²) in [7, 11) is 0. The van der Waals surface area contributed by atoms with Crippen LogP contribution in [-0.4, -0.2) is 33.1 Å². The number of benzene rings is 2. The van der Waals surface area contributed by atoms with Crippen molar-refractivity contribution < 1.29 is 14.3 Å². The molecule has 3 aromatic rings. The number of amides is 1. The van der Waals surface area contributed by atoms with Crippen LogP contribution in [0.5, 0.6) is 0 Å². The zero-order valence-electron chi connectivity index (χ0n) is 14.7. The molecule has 138 valence electrons. The van der Waals surface area contributed by atoms with Crippen LogP contribution in [-0.2, 0) is 4.74 Å². The minimum atomic E-state index is -0.433. The number of ether oxygens (including phenoxy) is 1. The third-order valence-corrected chi connectivity index (χ3v) is 3.90. The lowest BCUT2D eigenvalue weighted by Gasteiger charge is -2.21. The molecule has 7 nitrogen and oxygen atoms in total. The van der Waals surface area contributed by atoms with Crippen molar-refractivity contribution in [1.82, 2.24) is 15.1 Å². The van der Waals surface area contributed by atoms with Crippen molar-refractivity contribution in [3.05, 3.63) is 77.1 Å². The first kappa shape index (κ1) is 18.6. The molecule has 0 saturated heterocycles. The van der Waals surface area contributed by atoms with E-state index in [9.17, 15) is 9.59 Å². The summed E-state index contributed by atoms with van der Waals surface area (Å²) < 4.78 is 5.17.